The van der Waals surface area contributed by atoms with Gasteiger partial charge in [0.15, 0.2) is 0 Å². The van der Waals surface area contributed by atoms with Crippen molar-refractivity contribution in [3.05, 3.63) is 113 Å². The van der Waals surface area contributed by atoms with E-state index in [0.29, 0.717) is 10.7 Å². The van der Waals surface area contributed by atoms with E-state index in [1.165, 1.54) is 37.8 Å². The zero-order chi connectivity index (χ0) is 24.1. The van der Waals surface area contributed by atoms with Crippen LogP contribution in [0.3, 0.4) is 0 Å². The molecule has 2 aromatic rings. The summed E-state index contributed by atoms with van der Waals surface area (Å²) in [7, 11) is 3.58. The Balaban J connectivity index is 1.81. The van der Waals surface area contributed by atoms with Gasteiger partial charge >= 0.3 is 211 Å². The van der Waals surface area contributed by atoms with E-state index in [1.807, 2.05) is 0 Å². The summed E-state index contributed by atoms with van der Waals surface area (Å²) >= 11 is 0.201. The molecule has 0 unspecified atom stereocenters. The first kappa shape index (κ1) is 24.7. The Hall–Kier alpha value is -2.42. The fourth-order valence-corrected chi connectivity index (χ4v) is 7.99. The van der Waals surface area contributed by atoms with Crippen LogP contribution in [-0.2, 0) is 9.47 Å². The van der Waals surface area contributed by atoms with Gasteiger partial charge in [0.25, 0.3) is 0 Å². The third kappa shape index (κ3) is 5.14. The van der Waals surface area contributed by atoms with Crippen LogP contribution in [0.5, 0.6) is 0 Å². The van der Waals surface area contributed by atoms with Gasteiger partial charge in [0.2, 0.25) is 0 Å². The molecule has 4 atom stereocenters. The van der Waals surface area contributed by atoms with Crippen LogP contribution in [0.1, 0.15) is 61.2 Å². The maximum atomic E-state index is 5.78. The summed E-state index contributed by atoms with van der Waals surface area (Å²) in [5, 5.41) is 0. The second-order valence-electron chi connectivity index (χ2n) is 8.80. The van der Waals surface area contributed by atoms with Gasteiger partial charge < -0.3 is 0 Å². The molecule has 0 N–H and O–H groups in total. The van der Waals surface area contributed by atoms with E-state index in [-0.39, 0.29) is 27.2 Å². The molecule has 2 nitrogen and oxygen atoms in total. The van der Waals surface area contributed by atoms with Gasteiger partial charge in [0.05, 0.1) is 0 Å². The Kier molecular flexibility index (Phi) is 8.23. The Morgan fingerprint density at radius 1 is 0.588 bits per heavy atom. The average molecular weight is 518 g/mol. The van der Waals surface area contributed by atoms with Crippen LogP contribution in [0.2, 0.25) is 4.82 Å². The second-order valence-corrected chi connectivity index (χ2v) is 11.7. The van der Waals surface area contributed by atoms with Gasteiger partial charge in [0.1, 0.15) is 0 Å². The van der Waals surface area contributed by atoms with Crippen LogP contribution in [0, 0.1) is 0 Å². The molecule has 176 valence electrons. The van der Waals surface area contributed by atoms with E-state index in [2.05, 4.69) is 112 Å². The third-order valence-corrected chi connectivity index (χ3v) is 9.59. The van der Waals surface area contributed by atoms with E-state index >= 15 is 0 Å². The minimum absolute atomic E-state index is 0.0436. The summed E-state index contributed by atoms with van der Waals surface area (Å²) in [5.74, 6) is 0.303. The first-order valence-corrected chi connectivity index (χ1v) is 13.8. The summed E-state index contributed by atoms with van der Waals surface area (Å²) in [4.78, 5) is 0.430. The molecule has 0 spiro atoms. The third-order valence-electron chi connectivity index (χ3n) is 6.75. The summed E-state index contributed by atoms with van der Waals surface area (Å²) < 4.78 is 13.0. The summed E-state index contributed by atoms with van der Waals surface area (Å²) in [6, 6.07) is 33.0. The molecule has 3 heteroatoms. The quantitative estimate of drug-likeness (QED) is 0.219. The van der Waals surface area contributed by atoms with Gasteiger partial charge in [-0.15, -0.1) is 0 Å². The van der Waals surface area contributed by atoms with E-state index in [4.69, 9.17) is 9.47 Å². The molecule has 34 heavy (non-hydrogen) atoms. The van der Waals surface area contributed by atoms with E-state index in [0.717, 1.165) is 0 Å². The molecule has 0 amide bonds. The van der Waals surface area contributed by atoms with E-state index in [1.54, 1.807) is 14.2 Å². The Morgan fingerprint density at radius 3 is 1.79 bits per heavy atom. The molecule has 0 heterocycles. The van der Waals surface area contributed by atoms with Crippen LogP contribution in [0.15, 0.2) is 91.0 Å². The topological polar surface area (TPSA) is 18.5 Å². The van der Waals surface area contributed by atoms with Crippen LogP contribution < -0.4 is 4.46 Å². The van der Waals surface area contributed by atoms with Crippen molar-refractivity contribution in [2.24, 2.45) is 0 Å². The van der Waals surface area contributed by atoms with E-state index < -0.39 is 0 Å². The number of benzene rings is 2. The summed E-state index contributed by atoms with van der Waals surface area (Å²) in [6.07, 6.45) is 0.0872. The summed E-state index contributed by atoms with van der Waals surface area (Å²) in [5.41, 5.74) is 7.97. The number of fused-ring (bicyclic) bond motifs is 1. The molecule has 0 fully saturated rings. The van der Waals surface area contributed by atoms with Crippen LogP contribution in [0.4, 0.5) is 0 Å². The molecule has 2 aliphatic carbocycles. The molecule has 4 rings (SSSR count). The van der Waals surface area contributed by atoms with Gasteiger partial charge in [-0.1, -0.05) is 0 Å². The van der Waals surface area contributed by atoms with Crippen LogP contribution in [0.25, 0.3) is 11.1 Å². The predicted molar refractivity (Wildman–Crippen MR) is 143 cm³/mol. The first-order valence-electron chi connectivity index (χ1n) is 11.9. The van der Waals surface area contributed by atoms with Crippen molar-refractivity contribution in [2.75, 3.05) is 14.2 Å². The molecule has 0 aromatic heterocycles. The Morgan fingerprint density at radius 2 is 1.18 bits per heavy atom. The monoisotopic (exact) mass is 518 g/mol. The molecular formula is C31H34O2Se. The number of hydrogen-bond acceptors (Lipinski definition) is 2. The summed E-state index contributed by atoms with van der Waals surface area (Å²) in [6.45, 7) is 6.69. The van der Waals surface area contributed by atoms with Crippen molar-refractivity contribution >= 4 is 19.4 Å². The maximum absolute atomic E-state index is 5.78. The zero-order valence-electron chi connectivity index (χ0n) is 20.7. The predicted octanol–water partition coefficient (Wildman–Crippen LogP) is 7.18. The SMILES string of the molecule is CO[C@H](C)c1cccc([C@@H](C)OC)c1[Se][C@H](C)[C@H](c1ccccc1)c1ccc2cccccc1-2. The Bertz CT molecular complexity index is 1140. The van der Waals surface area contributed by atoms with Crippen LogP contribution >= 0.6 is 0 Å². The van der Waals surface area contributed by atoms with Crippen molar-refractivity contribution in [3.63, 3.8) is 0 Å². The molecule has 2 aromatic carbocycles. The fraction of sp³-hybridized carbons (Fsp3) is 0.290. The molecular weight excluding hydrogens is 483 g/mol. The van der Waals surface area contributed by atoms with Crippen molar-refractivity contribution in [1.82, 2.24) is 0 Å². The van der Waals surface area contributed by atoms with Gasteiger partial charge in [-0.2, -0.15) is 0 Å². The van der Waals surface area contributed by atoms with Gasteiger partial charge in [-0.05, 0) is 0 Å². The molecule has 0 saturated carbocycles. The van der Waals surface area contributed by atoms with Crippen molar-refractivity contribution < 1.29 is 9.47 Å². The van der Waals surface area contributed by atoms with Gasteiger partial charge in [-0.3, -0.25) is 0 Å². The minimum atomic E-state index is 0.0436. The zero-order valence-corrected chi connectivity index (χ0v) is 22.4. The number of hydrogen-bond donors (Lipinski definition) is 0. The number of ether oxygens (including phenoxy) is 2. The fourth-order valence-electron chi connectivity index (χ4n) is 4.73. The molecule has 0 aliphatic heterocycles. The van der Waals surface area contributed by atoms with Gasteiger partial charge in [-0.25, -0.2) is 0 Å². The normalized spacial score (nSPS) is 15.1. The molecule has 0 radical (unpaired) electrons. The van der Waals surface area contributed by atoms with Gasteiger partial charge in [0, 0.05) is 0 Å². The second kappa shape index (κ2) is 11.3. The molecule has 0 bridgehead atoms. The first-order chi connectivity index (χ1) is 16.5. The van der Waals surface area contributed by atoms with E-state index in [9.17, 15) is 0 Å². The van der Waals surface area contributed by atoms with Crippen molar-refractivity contribution in [3.8, 4) is 11.1 Å². The number of methoxy groups -OCH3 is 2. The molecule has 2 aliphatic rings. The number of rotatable bonds is 9. The average Bonchev–Trinajstić information content (AvgIpc) is 3.10. The van der Waals surface area contributed by atoms with Crippen LogP contribution in [-0.4, -0.2) is 29.2 Å². The standard InChI is InChI=1S/C31H34O2Se/c1-21(32-4)26-17-12-18-27(22(2)33-5)31(26)34-23(3)30(25-14-9-6-10-15-25)29-20-19-24-13-8-7-11-16-28(24)29/h6-23,30H,1-5H3/t21-,22-,23-,30-/m1/s1. The Labute approximate surface area is 210 Å². The van der Waals surface area contributed by atoms with Crippen molar-refractivity contribution in [2.45, 2.75) is 43.7 Å². The molecule has 0 saturated heterocycles. The van der Waals surface area contributed by atoms with Crippen molar-refractivity contribution in [1.29, 1.82) is 0 Å².